The lowest BCUT2D eigenvalue weighted by Crippen LogP contribution is -2.14. The predicted molar refractivity (Wildman–Crippen MR) is 111 cm³/mol. The molecule has 3 aromatic rings. The van der Waals surface area contributed by atoms with Gasteiger partial charge in [-0.2, -0.15) is 9.97 Å². The molecule has 9 heteroatoms. The number of esters is 1. The number of allylic oxidation sites excluding steroid dienone is 1. The second kappa shape index (κ2) is 7.33. The Bertz CT molecular complexity index is 1140. The summed E-state index contributed by atoms with van der Waals surface area (Å²) in [6.07, 6.45) is 8.84. The number of phenolic OH excluding ortho intramolecular Hbond substituents is 1. The number of ether oxygens (including phenoxy) is 1. The molecule has 0 aliphatic heterocycles. The topological polar surface area (TPSA) is 128 Å². The summed E-state index contributed by atoms with van der Waals surface area (Å²) < 4.78 is 7.38. The van der Waals surface area contributed by atoms with Gasteiger partial charge in [-0.25, -0.2) is 9.78 Å². The van der Waals surface area contributed by atoms with E-state index < -0.39 is 5.97 Å². The van der Waals surface area contributed by atoms with Gasteiger partial charge in [-0.15, -0.1) is 0 Å². The number of nitrogens with zero attached hydrogens (tertiary/aromatic N) is 4. The smallest absolute Gasteiger partial charge is 0.341 e. The molecule has 154 valence electrons. The van der Waals surface area contributed by atoms with Crippen molar-refractivity contribution in [2.75, 3.05) is 17.7 Å². The second-order valence-electron chi connectivity index (χ2n) is 7.74. The number of rotatable bonds is 6. The van der Waals surface area contributed by atoms with Crippen molar-refractivity contribution in [3.8, 4) is 5.75 Å². The van der Waals surface area contributed by atoms with Crippen molar-refractivity contribution < 1.29 is 14.6 Å². The molecule has 2 aromatic heterocycles. The number of aromatic nitrogens is 4. The molecule has 2 heterocycles. The Hall–Kier alpha value is -3.62. The van der Waals surface area contributed by atoms with E-state index in [4.69, 9.17) is 10.5 Å². The van der Waals surface area contributed by atoms with E-state index in [0.29, 0.717) is 23.0 Å². The molecule has 2 aliphatic rings. The van der Waals surface area contributed by atoms with Gasteiger partial charge in [-0.3, -0.25) is 0 Å². The molecule has 0 spiro atoms. The van der Waals surface area contributed by atoms with Gasteiger partial charge in [0.05, 0.1) is 19.0 Å². The largest absolute Gasteiger partial charge is 0.507 e. The van der Waals surface area contributed by atoms with Crippen molar-refractivity contribution in [1.29, 1.82) is 0 Å². The maximum atomic E-state index is 12.2. The van der Waals surface area contributed by atoms with Crippen LogP contribution in [0.1, 0.15) is 35.7 Å². The highest BCUT2D eigenvalue weighted by atomic mass is 16.5. The van der Waals surface area contributed by atoms with Crippen LogP contribution in [0.3, 0.4) is 0 Å². The van der Waals surface area contributed by atoms with Crippen LogP contribution < -0.4 is 11.1 Å². The van der Waals surface area contributed by atoms with Gasteiger partial charge >= 0.3 is 5.97 Å². The number of carbonyl (C=O) groups is 1. The van der Waals surface area contributed by atoms with Gasteiger partial charge in [0.1, 0.15) is 11.3 Å². The van der Waals surface area contributed by atoms with E-state index in [0.717, 1.165) is 19.3 Å². The number of fused-ring (bicyclic) bond motifs is 1. The molecule has 0 amide bonds. The van der Waals surface area contributed by atoms with Crippen LogP contribution in [0.15, 0.2) is 42.7 Å². The molecule has 1 aromatic carbocycles. The zero-order valence-electron chi connectivity index (χ0n) is 16.2. The molecule has 0 saturated heterocycles. The number of para-hydroxylation sites is 1. The van der Waals surface area contributed by atoms with Crippen LogP contribution in [0.5, 0.6) is 5.75 Å². The van der Waals surface area contributed by atoms with Crippen molar-refractivity contribution in [3.63, 3.8) is 0 Å². The Morgan fingerprint density at radius 1 is 1.27 bits per heavy atom. The first kappa shape index (κ1) is 18.4. The first-order valence-corrected chi connectivity index (χ1v) is 9.98. The summed E-state index contributed by atoms with van der Waals surface area (Å²) >= 11 is 0. The molecule has 9 nitrogen and oxygen atoms in total. The van der Waals surface area contributed by atoms with Crippen LogP contribution in [-0.2, 0) is 4.74 Å². The lowest BCUT2D eigenvalue weighted by atomic mass is 10.1. The highest BCUT2D eigenvalue weighted by Crippen LogP contribution is 2.33. The first-order valence-electron chi connectivity index (χ1n) is 9.98. The number of nitrogens with one attached hydrogen (secondary N) is 1. The zero-order chi connectivity index (χ0) is 20.7. The third-order valence-corrected chi connectivity index (χ3v) is 5.42. The molecular weight excluding hydrogens is 384 g/mol. The fourth-order valence-corrected chi connectivity index (χ4v) is 3.69. The fourth-order valence-electron chi connectivity index (χ4n) is 3.69. The van der Waals surface area contributed by atoms with Crippen molar-refractivity contribution in [2.24, 2.45) is 5.92 Å². The van der Waals surface area contributed by atoms with Gasteiger partial charge < -0.3 is 25.5 Å². The number of imidazole rings is 1. The van der Waals surface area contributed by atoms with Gasteiger partial charge in [0.2, 0.25) is 5.95 Å². The third-order valence-electron chi connectivity index (χ3n) is 5.42. The summed E-state index contributed by atoms with van der Waals surface area (Å²) in [6, 6.07) is 6.82. The molecule has 4 N–H and O–H groups in total. The summed E-state index contributed by atoms with van der Waals surface area (Å²) in [5.74, 6) is 0.330. The van der Waals surface area contributed by atoms with Gasteiger partial charge in [-0.05, 0) is 31.4 Å². The number of aromatic hydroxyl groups is 1. The average molecular weight is 406 g/mol. The number of anilines is 2. The molecule has 1 fully saturated rings. The normalized spacial score (nSPS) is 20.5. The van der Waals surface area contributed by atoms with Crippen molar-refractivity contribution in [3.05, 3.63) is 48.3 Å². The van der Waals surface area contributed by atoms with E-state index in [2.05, 4.69) is 26.3 Å². The zero-order valence-corrected chi connectivity index (χ0v) is 16.2. The van der Waals surface area contributed by atoms with E-state index >= 15 is 0 Å². The average Bonchev–Trinajstić information content (AvgIpc) is 3.25. The summed E-state index contributed by atoms with van der Waals surface area (Å²) in [5, 5.41) is 13.2. The monoisotopic (exact) mass is 406 g/mol. The lowest BCUT2D eigenvalue weighted by molar-refractivity contribution is 0.0457. The molecule has 1 saturated carbocycles. The minimum Gasteiger partial charge on any atom is -0.507 e. The van der Waals surface area contributed by atoms with Gasteiger partial charge in [0.25, 0.3) is 0 Å². The summed E-state index contributed by atoms with van der Waals surface area (Å²) in [5.41, 5.74) is 7.48. The Labute approximate surface area is 172 Å². The Morgan fingerprint density at radius 2 is 2.10 bits per heavy atom. The van der Waals surface area contributed by atoms with E-state index in [1.54, 1.807) is 24.5 Å². The molecule has 0 radical (unpaired) electrons. The Morgan fingerprint density at radius 3 is 2.90 bits per heavy atom. The SMILES string of the molecule is Nc1nc(NC2CC2)c2ncn([C@H]3C=C[C@@H](COC(=O)c4ccccc4O)C3)c2n1. The first-order chi connectivity index (χ1) is 14.6. The predicted octanol–water partition coefficient (Wildman–Crippen LogP) is 2.66. The molecule has 0 bridgehead atoms. The highest BCUT2D eigenvalue weighted by molar-refractivity contribution is 5.92. The van der Waals surface area contributed by atoms with E-state index in [-0.39, 0.29) is 35.8 Å². The maximum absolute atomic E-state index is 12.2. The maximum Gasteiger partial charge on any atom is 0.341 e. The van der Waals surface area contributed by atoms with Gasteiger partial charge in [0.15, 0.2) is 17.0 Å². The fraction of sp³-hybridized carbons (Fsp3) is 0.333. The lowest BCUT2D eigenvalue weighted by Gasteiger charge is -2.15. The molecule has 30 heavy (non-hydrogen) atoms. The summed E-state index contributed by atoms with van der Waals surface area (Å²) in [6.45, 7) is 0.235. The number of benzene rings is 1. The van der Waals surface area contributed by atoms with E-state index in [1.165, 1.54) is 6.07 Å². The van der Waals surface area contributed by atoms with Crippen molar-refractivity contribution in [2.45, 2.75) is 31.3 Å². The standard InChI is InChI=1S/C21H22N6O3/c22-21-25-18(24-13-6-7-13)17-19(26-21)27(11-23-17)14-8-5-12(9-14)10-30-20(29)15-3-1-2-4-16(15)28/h1-5,8,11-14,28H,6-7,9-10H2,(H3,22,24,25,26)/t12-,14+/m1/s1. The Kier molecular flexibility index (Phi) is 4.50. The van der Waals surface area contributed by atoms with Crippen LogP contribution in [0, 0.1) is 5.92 Å². The molecule has 2 atom stereocenters. The minimum absolute atomic E-state index is 0.0342. The number of nitrogens with two attached hydrogens (primary N) is 1. The number of phenols is 1. The van der Waals surface area contributed by atoms with Crippen LogP contribution in [-0.4, -0.2) is 43.2 Å². The number of nitrogen functional groups attached to an aromatic ring is 1. The number of hydrogen-bond donors (Lipinski definition) is 3. The van der Waals surface area contributed by atoms with Crippen LogP contribution in [0.4, 0.5) is 11.8 Å². The van der Waals surface area contributed by atoms with Crippen molar-refractivity contribution in [1.82, 2.24) is 19.5 Å². The molecule has 2 aliphatic carbocycles. The van der Waals surface area contributed by atoms with Crippen molar-refractivity contribution >= 4 is 28.9 Å². The number of hydrogen-bond acceptors (Lipinski definition) is 8. The third kappa shape index (κ3) is 3.54. The second-order valence-corrected chi connectivity index (χ2v) is 7.74. The molecule has 0 unspecified atom stereocenters. The van der Waals surface area contributed by atoms with Crippen LogP contribution >= 0.6 is 0 Å². The highest BCUT2D eigenvalue weighted by Gasteiger charge is 2.27. The number of carbonyl (C=O) groups excluding carboxylic acids is 1. The van der Waals surface area contributed by atoms with Crippen LogP contribution in [0.2, 0.25) is 0 Å². The van der Waals surface area contributed by atoms with Gasteiger partial charge in [-0.1, -0.05) is 24.3 Å². The molecule has 5 rings (SSSR count). The van der Waals surface area contributed by atoms with E-state index in [1.807, 2.05) is 10.6 Å². The molecular formula is C21H22N6O3. The Balaban J connectivity index is 1.27. The van der Waals surface area contributed by atoms with E-state index in [9.17, 15) is 9.90 Å². The summed E-state index contributed by atoms with van der Waals surface area (Å²) in [4.78, 5) is 25.4. The van der Waals surface area contributed by atoms with Gasteiger partial charge in [0, 0.05) is 12.0 Å². The summed E-state index contributed by atoms with van der Waals surface area (Å²) in [7, 11) is 0. The minimum atomic E-state index is -0.533. The quantitative estimate of drug-likeness (QED) is 0.421. The van der Waals surface area contributed by atoms with Crippen LogP contribution in [0.25, 0.3) is 11.2 Å².